The molecule has 0 N–H and O–H groups in total. The minimum Gasteiger partial charge on any atom is -0.328 e. The van der Waals surface area contributed by atoms with Gasteiger partial charge in [-0.25, -0.2) is 14.2 Å². The van der Waals surface area contributed by atoms with Crippen molar-refractivity contribution in [2.24, 2.45) is 14.1 Å². The van der Waals surface area contributed by atoms with Gasteiger partial charge in [0.15, 0.2) is 11.2 Å². The van der Waals surface area contributed by atoms with Gasteiger partial charge in [0.2, 0.25) is 0 Å². The van der Waals surface area contributed by atoms with Gasteiger partial charge in [0.05, 0.1) is 12.5 Å². The molecule has 0 saturated carbocycles. The van der Waals surface area contributed by atoms with Crippen LogP contribution in [-0.2, 0) is 20.6 Å². The molecule has 2 aromatic rings. The van der Waals surface area contributed by atoms with Crippen LogP contribution in [0.2, 0.25) is 0 Å². The molecule has 0 aliphatic carbocycles. The van der Waals surface area contributed by atoms with Crippen molar-refractivity contribution in [1.29, 1.82) is 0 Å². The molecule has 6 nitrogen and oxygen atoms in total. The van der Waals surface area contributed by atoms with Crippen molar-refractivity contribution in [1.82, 2.24) is 18.7 Å². The maximum Gasteiger partial charge on any atom is 0.332 e. The Morgan fingerprint density at radius 1 is 1.50 bits per heavy atom. The zero-order valence-corrected chi connectivity index (χ0v) is 11.2. The smallest absolute Gasteiger partial charge is 0.328 e. The Balaban J connectivity index is 2.32. The highest BCUT2D eigenvalue weighted by molar-refractivity contribution is 5.69. The first-order valence-electron chi connectivity index (χ1n) is 9.06. The van der Waals surface area contributed by atoms with E-state index in [1.54, 1.807) is 0 Å². The van der Waals surface area contributed by atoms with Crippen LogP contribution in [0.4, 0.5) is 4.39 Å². The van der Waals surface area contributed by atoms with Crippen molar-refractivity contribution in [3.05, 3.63) is 27.1 Å². The molecule has 2 heterocycles. The fourth-order valence-electron chi connectivity index (χ4n) is 2.00. The summed E-state index contributed by atoms with van der Waals surface area (Å²) in [6.07, 6.45) is -6.07. The highest BCUT2D eigenvalue weighted by atomic mass is 19.1. The SMILES string of the molecule is [2H]c1nc2c(c(=O)n(CCCC([2H])([2H])[C@H](F)C([2H])([2H])[2H])c(=O)n2C)n1C. The van der Waals surface area contributed by atoms with Gasteiger partial charge in [-0.05, 0) is 26.1 Å². The molecule has 0 fully saturated rings. The monoisotopic (exact) mass is 288 g/mol. The van der Waals surface area contributed by atoms with Crippen molar-refractivity contribution in [2.75, 3.05) is 0 Å². The number of aromatic nitrogens is 4. The lowest BCUT2D eigenvalue weighted by Crippen LogP contribution is -2.39. The number of halogens is 1. The fourth-order valence-corrected chi connectivity index (χ4v) is 2.00. The largest absolute Gasteiger partial charge is 0.332 e. The van der Waals surface area contributed by atoms with Crippen LogP contribution in [-0.4, -0.2) is 24.9 Å². The van der Waals surface area contributed by atoms with Crippen LogP contribution in [0.5, 0.6) is 0 Å². The van der Waals surface area contributed by atoms with Gasteiger partial charge in [-0.15, -0.1) is 0 Å². The molecule has 0 amide bonds. The quantitative estimate of drug-likeness (QED) is 0.823. The van der Waals surface area contributed by atoms with Gasteiger partial charge in [-0.2, -0.15) is 0 Å². The maximum absolute atomic E-state index is 13.8. The van der Waals surface area contributed by atoms with Crippen molar-refractivity contribution >= 4 is 11.2 Å². The number of hydrogen-bond donors (Lipinski definition) is 0. The predicted octanol–water partition coefficient (Wildman–Crippen LogP) is 0.962. The van der Waals surface area contributed by atoms with Gasteiger partial charge in [0.1, 0.15) is 1.37 Å². The third-order valence-corrected chi connectivity index (χ3v) is 3.02. The summed E-state index contributed by atoms with van der Waals surface area (Å²) in [7, 11) is 2.84. The minimum atomic E-state index is -3.09. The molecule has 2 aromatic heterocycles. The van der Waals surface area contributed by atoms with E-state index in [4.69, 9.17) is 8.22 Å². The number of alkyl halides is 1. The Morgan fingerprint density at radius 2 is 2.25 bits per heavy atom. The number of hydrogen-bond acceptors (Lipinski definition) is 3. The van der Waals surface area contributed by atoms with E-state index >= 15 is 0 Å². The third-order valence-electron chi connectivity index (χ3n) is 3.02. The summed E-state index contributed by atoms with van der Waals surface area (Å²) in [4.78, 5) is 28.7. The summed E-state index contributed by atoms with van der Waals surface area (Å²) in [5, 5.41) is 0. The van der Waals surface area contributed by atoms with Crippen LogP contribution in [0.15, 0.2) is 15.9 Å². The summed E-state index contributed by atoms with van der Waals surface area (Å²) in [6.45, 7) is -3.30. The lowest BCUT2D eigenvalue weighted by molar-refractivity contribution is 0.328. The summed E-state index contributed by atoms with van der Waals surface area (Å²) in [5.41, 5.74) is -1.28. The summed E-state index contributed by atoms with van der Waals surface area (Å²) < 4.78 is 60.8. The molecule has 0 bridgehead atoms. The minimum absolute atomic E-state index is 0.0472. The molecule has 7 heteroatoms. The molecular weight excluding hydrogens is 263 g/mol. The summed E-state index contributed by atoms with van der Waals surface area (Å²) in [5.74, 6) is 0. The van der Waals surface area contributed by atoms with Gasteiger partial charge >= 0.3 is 5.69 Å². The van der Waals surface area contributed by atoms with E-state index < -0.39 is 37.1 Å². The topological polar surface area (TPSA) is 61.8 Å². The highest BCUT2D eigenvalue weighted by Gasteiger charge is 2.14. The number of aryl methyl sites for hydroxylation is 2. The Morgan fingerprint density at radius 3 is 2.95 bits per heavy atom. The van der Waals surface area contributed by atoms with E-state index in [0.29, 0.717) is 0 Å². The molecule has 0 aliphatic heterocycles. The number of imidazole rings is 1. The molecule has 2 rings (SSSR count). The molecule has 0 aliphatic rings. The molecule has 110 valence electrons. The average molecular weight is 288 g/mol. The van der Waals surface area contributed by atoms with E-state index in [1.807, 2.05) is 0 Å². The predicted molar refractivity (Wildman–Crippen MR) is 74.6 cm³/mol. The second kappa shape index (κ2) is 5.60. The molecule has 1 atom stereocenters. The van der Waals surface area contributed by atoms with Crippen molar-refractivity contribution in [3.8, 4) is 0 Å². The average Bonchev–Trinajstić information content (AvgIpc) is 2.82. The highest BCUT2D eigenvalue weighted by Crippen LogP contribution is 2.06. The van der Waals surface area contributed by atoms with E-state index in [9.17, 15) is 14.0 Å². The molecule has 0 aromatic carbocycles. The Labute approximate surface area is 123 Å². The Hall–Kier alpha value is -1.92. The van der Waals surface area contributed by atoms with E-state index in [2.05, 4.69) is 4.98 Å². The Kier molecular flexibility index (Phi) is 2.35. The van der Waals surface area contributed by atoms with E-state index in [0.717, 1.165) is 9.13 Å². The maximum atomic E-state index is 13.8. The summed E-state index contributed by atoms with van der Waals surface area (Å²) >= 11 is 0. The van der Waals surface area contributed by atoms with E-state index in [1.165, 1.54) is 18.7 Å². The first-order chi connectivity index (χ1) is 11.8. The van der Waals surface area contributed by atoms with Crippen molar-refractivity contribution < 1.29 is 12.6 Å². The molecule has 0 saturated heterocycles. The van der Waals surface area contributed by atoms with Crippen LogP contribution in [0.1, 0.15) is 34.3 Å². The van der Waals surface area contributed by atoms with Crippen LogP contribution in [0, 0.1) is 0 Å². The first-order valence-corrected chi connectivity index (χ1v) is 6.06. The van der Waals surface area contributed by atoms with Crippen molar-refractivity contribution in [2.45, 2.75) is 38.8 Å². The Bertz CT molecular complexity index is 945. The van der Waals surface area contributed by atoms with E-state index in [-0.39, 0.29) is 30.4 Å². The standard InChI is InChI=1S/C13H19FN4O2/c1-9(14)6-4-5-7-18-12(19)10-11(15-8-16(10)2)17(3)13(18)20/h8-9H,4-7H2,1-3H3/t9-/m1/s1/i1D3,6D2,8D. The molecular formula is C13H19FN4O2. The zero-order chi connectivity index (χ0) is 20.0. The molecule has 0 unspecified atom stereocenters. The second-order valence-corrected chi connectivity index (χ2v) is 4.41. The number of nitrogens with zero attached hydrogens (tertiary/aromatic N) is 4. The molecule has 20 heavy (non-hydrogen) atoms. The second-order valence-electron chi connectivity index (χ2n) is 4.41. The lowest BCUT2D eigenvalue weighted by atomic mass is 10.2. The third kappa shape index (κ3) is 2.52. The van der Waals surface area contributed by atoms with Gasteiger partial charge in [-0.1, -0.05) is 0 Å². The molecule has 0 spiro atoms. The van der Waals surface area contributed by atoms with Gasteiger partial charge in [0.25, 0.3) is 5.56 Å². The number of rotatable bonds is 5. The van der Waals surface area contributed by atoms with Crippen molar-refractivity contribution in [3.63, 3.8) is 0 Å². The van der Waals surface area contributed by atoms with Crippen LogP contribution in [0.25, 0.3) is 11.2 Å². The number of fused-ring (bicyclic) bond motifs is 1. The zero-order valence-electron chi connectivity index (χ0n) is 17.2. The van der Waals surface area contributed by atoms with Crippen LogP contribution in [0.3, 0.4) is 0 Å². The first kappa shape index (κ1) is 8.39. The molecule has 0 radical (unpaired) electrons. The lowest BCUT2D eigenvalue weighted by Gasteiger charge is -2.08. The van der Waals surface area contributed by atoms with Gasteiger partial charge in [-0.3, -0.25) is 13.9 Å². The van der Waals surface area contributed by atoms with Gasteiger partial charge in [0, 0.05) is 27.5 Å². The van der Waals surface area contributed by atoms with Crippen LogP contribution >= 0.6 is 0 Å². The van der Waals surface area contributed by atoms with Crippen LogP contribution < -0.4 is 11.2 Å². The summed E-state index contributed by atoms with van der Waals surface area (Å²) in [6, 6.07) is 0. The fraction of sp³-hybridized carbons (Fsp3) is 0.615. The normalized spacial score (nSPS) is 18.8. The van der Waals surface area contributed by atoms with Gasteiger partial charge < -0.3 is 4.57 Å².